The van der Waals surface area contributed by atoms with Gasteiger partial charge >= 0.3 is 0 Å². The van der Waals surface area contributed by atoms with Crippen LogP contribution in [0.1, 0.15) is 22.3 Å². The molecule has 0 bridgehead atoms. The molecule has 0 fully saturated rings. The van der Waals surface area contributed by atoms with Gasteiger partial charge in [-0.05, 0) is 48.7 Å². The Hall–Kier alpha value is -3.08. The molecule has 0 saturated heterocycles. The number of nitrogens with zero attached hydrogens (tertiary/aromatic N) is 1. The monoisotopic (exact) mass is 352 g/mol. The second kappa shape index (κ2) is 9.42. The lowest BCUT2D eigenvalue weighted by atomic mass is 10.0. The van der Waals surface area contributed by atoms with Crippen molar-refractivity contribution in [1.29, 1.82) is 0 Å². The van der Waals surface area contributed by atoms with Crippen LogP contribution in [0, 0.1) is 13.8 Å². The summed E-state index contributed by atoms with van der Waals surface area (Å²) in [7, 11) is 1.57. The number of benzene rings is 2. The maximum Gasteiger partial charge on any atom is 0.244 e. The van der Waals surface area contributed by atoms with E-state index in [0.29, 0.717) is 24.5 Å². The van der Waals surface area contributed by atoms with Gasteiger partial charge in [-0.1, -0.05) is 36.4 Å². The third kappa shape index (κ3) is 5.48. The van der Waals surface area contributed by atoms with Crippen molar-refractivity contribution in [3.8, 4) is 11.5 Å². The number of hydrazone groups is 1. The zero-order valence-electron chi connectivity index (χ0n) is 15.4. The molecule has 0 atom stereocenters. The average molecular weight is 352 g/mol. The quantitative estimate of drug-likeness (QED) is 0.449. The summed E-state index contributed by atoms with van der Waals surface area (Å²) < 4.78 is 10.8. The predicted octanol–water partition coefficient (Wildman–Crippen LogP) is 3.57. The molecule has 1 amide bonds. The van der Waals surface area contributed by atoms with Crippen molar-refractivity contribution in [3.05, 3.63) is 71.3 Å². The van der Waals surface area contributed by atoms with Crippen LogP contribution in [0.15, 0.2) is 54.2 Å². The third-order valence-electron chi connectivity index (χ3n) is 3.80. The highest BCUT2D eigenvalue weighted by Crippen LogP contribution is 2.27. The molecule has 0 heterocycles. The van der Waals surface area contributed by atoms with Crippen molar-refractivity contribution in [2.75, 3.05) is 13.7 Å². The molecule has 2 rings (SSSR count). The number of carbonyl (C=O) groups is 1. The van der Waals surface area contributed by atoms with Gasteiger partial charge in [0.15, 0.2) is 11.5 Å². The zero-order chi connectivity index (χ0) is 18.9. The fraction of sp³-hybridized carbons (Fsp3) is 0.238. The molecular formula is C21H24N2O3. The number of rotatable bonds is 8. The highest BCUT2D eigenvalue weighted by atomic mass is 16.5. The van der Waals surface area contributed by atoms with Crippen molar-refractivity contribution in [1.82, 2.24) is 5.43 Å². The fourth-order valence-electron chi connectivity index (χ4n) is 2.47. The van der Waals surface area contributed by atoms with Gasteiger partial charge in [0.2, 0.25) is 5.91 Å². The minimum atomic E-state index is -0.161. The lowest BCUT2D eigenvalue weighted by molar-refractivity contribution is -0.120. The van der Waals surface area contributed by atoms with E-state index in [0.717, 1.165) is 16.7 Å². The van der Waals surface area contributed by atoms with Gasteiger partial charge in [0.25, 0.3) is 0 Å². The molecule has 0 aliphatic rings. The summed E-state index contributed by atoms with van der Waals surface area (Å²) >= 11 is 0. The smallest absolute Gasteiger partial charge is 0.244 e. The van der Waals surface area contributed by atoms with Crippen LogP contribution >= 0.6 is 0 Å². The Bertz CT molecular complexity index is 813. The number of nitrogens with one attached hydrogen (secondary N) is 1. The largest absolute Gasteiger partial charge is 0.493 e. The van der Waals surface area contributed by atoms with E-state index in [1.54, 1.807) is 31.5 Å². The predicted molar refractivity (Wildman–Crippen MR) is 104 cm³/mol. The maximum absolute atomic E-state index is 12.1. The van der Waals surface area contributed by atoms with Crippen LogP contribution in [-0.4, -0.2) is 25.8 Å². The highest BCUT2D eigenvalue weighted by molar-refractivity contribution is 5.84. The molecule has 1 N–H and O–H groups in total. The Morgan fingerprint density at radius 3 is 2.69 bits per heavy atom. The first-order valence-corrected chi connectivity index (χ1v) is 8.33. The molecule has 26 heavy (non-hydrogen) atoms. The summed E-state index contributed by atoms with van der Waals surface area (Å²) in [6, 6.07) is 11.5. The van der Waals surface area contributed by atoms with Crippen molar-refractivity contribution in [3.63, 3.8) is 0 Å². The summed E-state index contributed by atoms with van der Waals surface area (Å²) in [4.78, 5) is 12.1. The summed E-state index contributed by atoms with van der Waals surface area (Å²) in [6.07, 6.45) is 3.53. The fourth-order valence-corrected chi connectivity index (χ4v) is 2.47. The number of aryl methyl sites for hydroxylation is 2. The number of carbonyl (C=O) groups excluding carboxylic acids is 1. The van der Waals surface area contributed by atoms with Gasteiger partial charge in [-0.15, -0.1) is 0 Å². The first kappa shape index (κ1) is 19.2. The second-order valence-corrected chi connectivity index (χ2v) is 5.91. The van der Waals surface area contributed by atoms with Crippen molar-refractivity contribution >= 4 is 12.1 Å². The molecule has 0 aromatic heterocycles. The molecule has 2 aromatic rings. The van der Waals surface area contributed by atoms with E-state index in [-0.39, 0.29) is 5.91 Å². The lowest BCUT2D eigenvalue weighted by Gasteiger charge is -2.09. The van der Waals surface area contributed by atoms with Gasteiger partial charge in [0.05, 0.1) is 19.7 Å². The molecule has 2 aromatic carbocycles. The Balaban J connectivity index is 1.96. The van der Waals surface area contributed by atoms with Crippen molar-refractivity contribution < 1.29 is 14.3 Å². The molecular weight excluding hydrogens is 328 g/mol. The van der Waals surface area contributed by atoms with E-state index >= 15 is 0 Å². The lowest BCUT2D eigenvalue weighted by Crippen LogP contribution is -2.20. The van der Waals surface area contributed by atoms with Crippen molar-refractivity contribution in [2.45, 2.75) is 20.3 Å². The van der Waals surface area contributed by atoms with Crippen molar-refractivity contribution in [2.24, 2.45) is 5.10 Å². The molecule has 5 heteroatoms. The normalized spacial score (nSPS) is 10.6. The summed E-state index contributed by atoms with van der Waals surface area (Å²) in [5.74, 6) is 1.06. The third-order valence-corrected chi connectivity index (χ3v) is 3.80. The number of ether oxygens (including phenoxy) is 2. The molecule has 0 aliphatic heterocycles. The number of hydrogen-bond acceptors (Lipinski definition) is 4. The van der Waals surface area contributed by atoms with Crippen LogP contribution in [-0.2, 0) is 11.2 Å². The number of methoxy groups -OCH3 is 1. The molecule has 0 spiro atoms. The van der Waals surface area contributed by atoms with Crippen LogP contribution < -0.4 is 14.9 Å². The summed E-state index contributed by atoms with van der Waals surface area (Å²) in [5, 5.41) is 4.02. The SMILES string of the molecule is C=CCOc1ccc(/C=N/NC(=O)Cc2ccc(C)cc2C)cc1OC. The van der Waals surface area contributed by atoms with E-state index in [2.05, 4.69) is 23.2 Å². The maximum atomic E-state index is 12.1. The number of hydrogen-bond donors (Lipinski definition) is 1. The molecule has 0 unspecified atom stereocenters. The topological polar surface area (TPSA) is 59.9 Å². The Morgan fingerprint density at radius 1 is 1.19 bits per heavy atom. The van der Waals surface area contributed by atoms with Crippen LogP contribution in [0.2, 0.25) is 0 Å². The van der Waals surface area contributed by atoms with Gasteiger partial charge < -0.3 is 9.47 Å². The number of amides is 1. The van der Waals surface area contributed by atoms with Gasteiger partial charge in [0.1, 0.15) is 6.61 Å². The Labute approximate surface area is 154 Å². The summed E-state index contributed by atoms with van der Waals surface area (Å²) in [6.45, 7) is 8.05. The van der Waals surface area contributed by atoms with Gasteiger partial charge in [0, 0.05) is 0 Å². The van der Waals surface area contributed by atoms with Gasteiger partial charge in [-0.25, -0.2) is 5.43 Å². The summed E-state index contributed by atoms with van der Waals surface area (Å²) in [5.41, 5.74) is 6.62. The average Bonchev–Trinajstić information content (AvgIpc) is 2.62. The molecule has 5 nitrogen and oxygen atoms in total. The van der Waals surface area contributed by atoms with Crippen LogP contribution in [0.5, 0.6) is 11.5 Å². The minimum absolute atomic E-state index is 0.161. The van der Waals surface area contributed by atoms with Crippen LogP contribution in [0.25, 0.3) is 0 Å². The van der Waals surface area contributed by atoms with E-state index in [1.165, 1.54) is 5.56 Å². The van der Waals surface area contributed by atoms with E-state index in [4.69, 9.17) is 9.47 Å². The zero-order valence-corrected chi connectivity index (χ0v) is 15.4. The van der Waals surface area contributed by atoms with Crippen LogP contribution in [0.4, 0.5) is 0 Å². The Morgan fingerprint density at radius 2 is 2.00 bits per heavy atom. The second-order valence-electron chi connectivity index (χ2n) is 5.91. The van der Waals surface area contributed by atoms with E-state index in [1.807, 2.05) is 32.0 Å². The molecule has 0 aliphatic carbocycles. The molecule has 0 saturated carbocycles. The standard InChI is InChI=1S/C21H24N2O3/c1-5-10-26-19-9-7-17(12-20(19)25-4)14-22-23-21(24)13-18-8-6-15(2)11-16(18)3/h5-9,11-12,14H,1,10,13H2,2-4H3,(H,23,24)/b22-14+. The van der Waals surface area contributed by atoms with E-state index < -0.39 is 0 Å². The van der Waals surface area contributed by atoms with Gasteiger partial charge in [-0.3, -0.25) is 4.79 Å². The first-order valence-electron chi connectivity index (χ1n) is 8.33. The molecule has 0 radical (unpaired) electrons. The van der Waals surface area contributed by atoms with Gasteiger partial charge in [-0.2, -0.15) is 5.10 Å². The van der Waals surface area contributed by atoms with Crippen LogP contribution in [0.3, 0.4) is 0 Å². The Kier molecular flexibility index (Phi) is 6.97. The molecule has 136 valence electrons. The minimum Gasteiger partial charge on any atom is -0.493 e. The first-order chi connectivity index (χ1) is 12.5. The van der Waals surface area contributed by atoms with E-state index in [9.17, 15) is 4.79 Å². The highest BCUT2D eigenvalue weighted by Gasteiger charge is 2.06.